The van der Waals surface area contributed by atoms with Gasteiger partial charge < -0.3 is 9.64 Å². The van der Waals surface area contributed by atoms with E-state index in [1.165, 1.54) is 0 Å². The molecule has 0 rings (SSSR count). The van der Waals surface area contributed by atoms with Crippen molar-refractivity contribution in [1.29, 1.82) is 0 Å². The van der Waals surface area contributed by atoms with Crippen LogP contribution >= 0.6 is 11.6 Å². The molecule has 0 bridgehead atoms. The normalized spacial score (nSPS) is 13.1. The van der Waals surface area contributed by atoms with Gasteiger partial charge in [0, 0.05) is 19.0 Å². The molecule has 3 nitrogen and oxygen atoms in total. The quantitative estimate of drug-likeness (QED) is 0.640. The fraction of sp³-hybridized carbons (Fsp3) is 0.889. The Kier molecular flexibility index (Phi) is 6.08. The van der Waals surface area contributed by atoms with Crippen LogP contribution in [0.1, 0.15) is 20.8 Å². The van der Waals surface area contributed by atoms with Gasteiger partial charge >= 0.3 is 0 Å². The number of carbonyl (C=O) groups is 1. The molecule has 78 valence electrons. The monoisotopic (exact) mass is 207 g/mol. The predicted molar refractivity (Wildman–Crippen MR) is 54.0 cm³/mol. The van der Waals surface area contributed by atoms with Gasteiger partial charge in [-0.05, 0) is 20.8 Å². The van der Waals surface area contributed by atoms with Crippen molar-refractivity contribution < 1.29 is 9.53 Å². The number of halogens is 1. The van der Waals surface area contributed by atoms with Crippen LogP contribution in [-0.4, -0.2) is 42.5 Å². The lowest BCUT2D eigenvalue weighted by Gasteiger charge is -2.23. The molecule has 13 heavy (non-hydrogen) atoms. The van der Waals surface area contributed by atoms with Crippen LogP contribution in [0.5, 0.6) is 0 Å². The van der Waals surface area contributed by atoms with E-state index < -0.39 is 0 Å². The van der Waals surface area contributed by atoms with Crippen molar-refractivity contribution in [1.82, 2.24) is 4.90 Å². The van der Waals surface area contributed by atoms with E-state index in [0.717, 1.165) is 0 Å². The molecule has 0 heterocycles. The maximum atomic E-state index is 11.4. The van der Waals surface area contributed by atoms with Crippen LogP contribution in [0.15, 0.2) is 0 Å². The van der Waals surface area contributed by atoms with Gasteiger partial charge in [-0.3, -0.25) is 4.79 Å². The minimum atomic E-state index is -0.0261. The van der Waals surface area contributed by atoms with E-state index in [1.807, 2.05) is 20.8 Å². The summed E-state index contributed by atoms with van der Waals surface area (Å²) in [6.45, 7) is 5.84. The van der Waals surface area contributed by atoms with Gasteiger partial charge in [0.15, 0.2) is 0 Å². The molecular formula is C9H18ClNO2. The van der Waals surface area contributed by atoms with Gasteiger partial charge in [-0.2, -0.15) is 0 Å². The minimum Gasteiger partial charge on any atom is -0.369 e. The van der Waals surface area contributed by atoms with Gasteiger partial charge in [-0.25, -0.2) is 0 Å². The van der Waals surface area contributed by atoms with Crippen molar-refractivity contribution in [2.75, 3.05) is 19.5 Å². The summed E-state index contributed by atoms with van der Waals surface area (Å²) in [5.41, 5.74) is 0. The SMILES string of the molecule is CC(C)OCC(=O)N(C)C(C)CCl. The molecule has 4 heteroatoms. The van der Waals surface area contributed by atoms with Crippen molar-refractivity contribution in [2.45, 2.75) is 32.9 Å². The van der Waals surface area contributed by atoms with Gasteiger partial charge in [0.05, 0.1) is 6.10 Å². The lowest BCUT2D eigenvalue weighted by atomic mass is 10.3. The molecule has 0 fully saturated rings. The first kappa shape index (κ1) is 12.7. The van der Waals surface area contributed by atoms with E-state index in [2.05, 4.69) is 0 Å². The highest BCUT2D eigenvalue weighted by molar-refractivity contribution is 6.18. The summed E-state index contributed by atoms with van der Waals surface area (Å²) in [6.07, 6.45) is 0.0867. The molecule has 0 aromatic carbocycles. The summed E-state index contributed by atoms with van der Waals surface area (Å²) in [5.74, 6) is 0.422. The Balaban J connectivity index is 3.82. The lowest BCUT2D eigenvalue weighted by Crippen LogP contribution is -2.38. The van der Waals surface area contributed by atoms with E-state index in [1.54, 1.807) is 11.9 Å². The molecule has 1 unspecified atom stereocenters. The fourth-order valence-electron chi connectivity index (χ4n) is 0.689. The number of hydrogen-bond donors (Lipinski definition) is 0. The summed E-state index contributed by atoms with van der Waals surface area (Å²) in [5, 5.41) is 0. The minimum absolute atomic E-state index is 0.0261. The van der Waals surface area contributed by atoms with Gasteiger partial charge in [-0.1, -0.05) is 0 Å². The third-order valence-corrected chi connectivity index (χ3v) is 2.26. The molecule has 0 aliphatic rings. The van der Waals surface area contributed by atoms with E-state index >= 15 is 0 Å². The van der Waals surface area contributed by atoms with Crippen molar-refractivity contribution in [3.05, 3.63) is 0 Å². The number of amides is 1. The zero-order valence-corrected chi connectivity index (χ0v) is 9.47. The average Bonchev–Trinajstić information content (AvgIpc) is 2.11. The summed E-state index contributed by atoms with van der Waals surface area (Å²) in [4.78, 5) is 13.0. The average molecular weight is 208 g/mol. The smallest absolute Gasteiger partial charge is 0.248 e. The number of likely N-dealkylation sites (N-methyl/N-ethyl adjacent to an activating group) is 1. The largest absolute Gasteiger partial charge is 0.369 e. The Morgan fingerprint density at radius 2 is 2.00 bits per heavy atom. The predicted octanol–water partition coefficient (Wildman–Crippen LogP) is 1.50. The second-order valence-electron chi connectivity index (χ2n) is 3.37. The molecule has 0 saturated carbocycles. The van der Waals surface area contributed by atoms with Crippen LogP contribution in [0, 0.1) is 0 Å². The molecule has 0 aromatic heterocycles. The topological polar surface area (TPSA) is 29.5 Å². The van der Waals surface area contributed by atoms with Crippen molar-refractivity contribution in [3.8, 4) is 0 Å². The molecule has 1 amide bonds. The van der Waals surface area contributed by atoms with E-state index in [4.69, 9.17) is 16.3 Å². The van der Waals surface area contributed by atoms with Crippen molar-refractivity contribution in [2.24, 2.45) is 0 Å². The third-order valence-electron chi connectivity index (χ3n) is 1.82. The van der Waals surface area contributed by atoms with E-state index in [9.17, 15) is 4.79 Å². The molecule has 0 N–H and O–H groups in total. The zero-order chi connectivity index (χ0) is 10.4. The Bertz CT molecular complexity index is 162. The maximum absolute atomic E-state index is 11.4. The molecule has 0 aromatic rings. The molecule has 0 spiro atoms. The molecule has 0 saturated heterocycles. The molecule has 0 aliphatic heterocycles. The number of hydrogen-bond acceptors (Lipinski definition) is 2. The summed E-state index contributed by atoms with van der Waals surface area (Å²) < 4.78 is 5.19. The Morgan fingerprint density at radius 1 is 1.46 bits per heavy atom. The number of rotatable bonds is 5. The van der Waals surface area contributed by atoms with Crippen LogP contribution in [0.3, 0.4) is 0 Å². The van der Waals surface area contributed by atoms with Crippen LogP contribution in [0.25, 0.3) is 0 Å². The first-order valence-corrected chi connectivity index (χ1v) is 4.95. The van der Waals surface area contributed by atoms with Crippen molar-refractivity contribution in [3.63, 3.8) is 0 Å². The molecule has 0 aliphatic carbocycles. The van der Waals surface area contributed by atoms with Crippen LogP contribution < -0.4 is 0 Å². The summed E-state index contributed by atoms with van der Waals surface area (Å²) in [7, 11) is 1.74. The highest BCUT2D eigenvalue weighted by Crippen LogP contribution is 1.99. The van der Waals surface area contributed by atoms with Crippen molar-refractivity contribution >= 4 is 17.5 Å². The van der Waals surface area contributed by atoms with E-state index in [0.29, 0.717) is 5.88 Å². The molecule has 1 atom stereocenters. The number of nitrogens with zero attached hydrogens (tertiary/aromatic N) is 1. The maximum Gasteiger partial charge on any atom is 0.248 e. The number of ether oxygens (including phenoxy) is 1. The molecular weight excluding hydrogens is 190 g/mol. The van der Waals surface area contributed by atoms with Gasteiger partial charge in [0.2, 0.25) is 5.91 Å². The lowest BCUT2D eigenvalue weighted by molar-refractivity contribution is -0.137. The Hall–Kier alpha value is -0.280. The van der Waals surface area contributed by atoms with Crippen LogP contribution in [0.4, 0.5) is 0 Å². The highest BCUT2D eigenvalue weighted by Gasteiger charge is 2.14. The Labute approximate surface area is 85.0 Å². The zero-order valence-electron chi connectivity index (χ0n) is 8.71. The first-order chi connectivity index (χ1) is 5.99. The third kappa shape index (κ3) is 5.11. The first-order valence-electron chi connectivity index (χ1n) is 4.42. The molecule has 0 radical (unpaired) electrons. The van der Waals surface area contributed by atoms with Crippen LogP contribution in [0.2, 0.25) is 0 Å². The second-order valence-corrected chi connectivity index (χ2v) is 3.68. The van der Waals surface area contributed by atoms with Crippen LogP contribution in [-0.2, 0) is 9.53 Å². The fourth-order valence-corrected chi connectivity index (χ4v) is 0.896. The standard InChI is InChI=1S/C9H18ClNO2/c1-7(2)13-6-9(12)11(4)8(3)5-10/h7-8H,5-6H2,1-4H3. The summed E-state index contributed by atoms with van der Waals surface area (Å²) in [6, 6.07) is 0.0601. The number of alkyl halides is 1. The summed E-state index contributed by atoms with van der Waals surface area (Å²) >= 11 is 5.62. The Morgan fingerprint density at radius 3 is 2.38 bits per heavy atom. The van der Waals surface area contributed by atoms with E-state index in [-0.39, 0.29) is 24.7 Å². The second kappa shape index (κ2) is 6.22. The van der Waals surface area contributed by atoms with Gasteiger partial charge in [0.25, 0.3) is 0 Å². The van der Waals surface area contributed by atoms with Gasteiger partial charge in [0.1, 0.15) is 6.61 Å². The number of carbonyl (C=O) groups excluding carboxylic acids is 1. The highest BCUT2D eigenvalue weighted by atomic mass is 35.5. The van der Waals surface area contributed by atoms with Gasteiger partial charge in [-0.15, -0.1) is 11.6 Å².